The van der Waals surface area contributed by atoms with E-state index < -0.39 is 0 Å². The molecule has 0 heterocycles. The highest BCUT2D eigenvalue weighted by atomic mass is 16.1. The molecule has 94 valence electrons. The van der Waals surface area contributed by atoms with Crippen LogP contribution in [0.3, 0.4) is 0 Å². The summed E-state index contributed by atoms with van der Waals surface area (Å²) in [6, 6.07) is 4.95. The number of rotatable bonds is 2. The van der Waals surface area contributed by atoms with E-state index >= 15 is 0 Å². The van der Waals surface area contributed by atoms with E-state index in [9.17, 15) is 4.79 Å². The van der Waals surface area contributed by atoms with Crippen molar-refractivity contribution in [3.63, 3.8) is 0 Å². The van der Waals surface area contributed by atoms with Crippen LogP contribution in [0.25, 0.3) is 0 Å². The molecular weight excluding hydrogens is 214 g/mol. The Hall–Kier alpha value is -1.71. The molecule has 0 aromatic heterocycles. The fourth-order valence-electron chi connectivity index (χ4n) is 1.30. The summed E-state index contributed by atoms with van der Waals surface area (Å²) in [5, 5.41) is 2.94. The van der Waals surface area contributed by atoms with E-state index in [0.29, 0.717) is 16.9 Å². The lowest BCUT2D eigenvalue weighted by atomic mass is 9.88. The molecule has 1 aromatic carbocycles. The zero-order chi connectivity index (χ0) is 13.2. The van der Waals surface area contributed by atoms with Gasteiger partial charge in [0.2, 0.25) is 0 Å². The summed E-state index contributed by atoms with van der Waals surface area (Å²) in [4.78, 5) is 12.0. The minimum Gasteiger partial charge on any atom is -0.399 e. The Kier molecular flexibility index (Phi) is 3.66. The van der Waals surface area contributed by atoms with Crippen LogP contribution < -0.4 is 16.8 Å². The number of carbonyl (C=O) groups excluding carboxylic acids is 1. The second-order valence-corrected chi connectivity index (χ2v) is 5.45. The molecular formula is C13H21N3O. The van der Waals surface area contributed by atoms with Gasteiger partial charge in [0.05, 0.1) is 0 Å². The molecule has 4 nitrogen and oxygen atoms in total. The molecule has 0 spiro atoms. The minimum atomic E-state index is -0.147. The summed E-state index contributed by atoms with van der Waals surface area (Å²) in [6.45, 7) is 8.20. The molecule has 0 aliphatic rings. The third-order valence-corrected chi connectivity index (χ3v) is 2.89. The van der Waals surface area contributed by atoms with Gasteiger partial charge in [-0.3, -0.25) is 4.79 Å². The SMILES string of the molecule is CC(NC(=O)c1cc(N)cc(N)c1)C(C)(C)C. The molecule has 1 unspecified atom stereocenters. The van der Waals surface area contributed by atoms with Gasteiger partial charge in [0.1, 0.15) is 0 Å². The van der Waals surface area contributed by atoms with Crippen molar-refractivity contribution in [3.8, 4) is 0 Å². The van der Waals surface area contributed by atoms with Crippen molar-refractivity contribution in [1.29, 1.82) is 0 Å². The van der Waals surface area contributed by atoms with Gasteiger partial charge in [0.15, 0.2) is 0 Å². The van der Waals surface area contributed by atoms with Gasteiger partial charge < -0.3 is 16.8 Å². The number of anilines is 2. The minimum absolute atomic E-state index is 0.0154. The van der Waals surface area contributed by atoms with Crippen molar-refractivity contribution in [2.75, 3.05) is 11.5 Å². The molecule has 0 saturated heterocycles. The van der Waals surface area contributed by atoms with Gasteiger partial charge in [0.25, 0.3) is 5.91 Å². The number of carbonyl (C=O) groups is 1. The second-order valence-electron chi connectivity index (χ2n) is 5.45. The van der Waals surface area contributed by atoms with Crippen LogP contribution in [-0.2, 0) is 0 Å². The third-order valence-electron chi connectivity index (χ3n) is 2.89. The standard InChI is InChI=1S/C13H21N3O/c1-8(13(2,3)4)16-12(17)9-5-10(14)7-11(15)6-9/h5-8H,14-15H2,1-4H3,(H,16,17). The molecule has 5 N–H and O–H groups in total. The van der Waals surface area contributed by atoms with Crippen LogP contribution >= 0.6 is 0 Å². The lowest BCUT2D eigenvalue weighted by Gasteiger charge is -2.28. The van der Waals surface area contributed by atoms with E-state index in [1.54, 1.807) is 18.2 Å². The van der Waals surface area contributed by atoms with Crippen LogP contribution in [-0.4, -0.2) is 11.9 Å². The molecule has 0 saturated carbocycles. The summed E-state index contributed by atoms with van der Waals surface area (Å²) in [7, 11) is 0. The Labute approximate surface area is 102 Å². The smallest absolute Gasteiger partial charge is 0.251 e. The normalized spacial score (nSPS) is 13.2. The van der Waals surface area contributed by atoms with Crippen LogP contribution in [0.15, 0.2) is 18.2 Å². The maximum atomic E-state index is 12.0. The van der Waals surface area contributed by atoms with Crippen LogP contribution in [0.2, 0.25) is 0 Å². The Morgan fingerprint density at radius 2 is 1.65 bits per heavy atom. The van der Waals surface area contributed by atoms with E-state index in [1.807, 2.05) is 6.92 Å². The molecule has 0 aliphatic heterocycles. The lowest BCUT2D eigenvalue weighted by Crippen LogP contribution is -2.41. The van der Waals surface area contributed by atoms with Crippen LogP contribution in [0.1, 0.15) is 38.1 Å². The largest absolute Gasteiger partial charge is 0.399 e. The van der Waals surface area contributed by atoms with E-state index in [4.69, 9.17) is 11.5 Å². The van der Waals surface area contributed by atoms with Crippen LogP contribution in [0, 0.1) is 5.41 Å². The highest BCUT2D eigenvalue weighted by Gasteiger charge is 2.22. The molecule has 17 heavy (non-hydrogen) atoms. The van der Waals surface area contributed by atoms with E-state index in [-0.39, 0.29) is 17.4 Å². The highest BCUT2D eigenvalue weighted by Crippen LogP contribution is 2.20. The van der Waals surface area contributed by atoms with Crippen molar-refractivity contribution >= 4 is 17.3 Å². The van der Waals surface area contributed by atoms with Gasteiger partial charge in [-0.2, -0.15) is 0 Å². The van der Waals surface area contributed by atoms with Gasteiger partial charge in [-0.25, -0.2) is 0 Å². The zero-order valence-corrected chi connectivity index (χ0v) is 10.9. The monoisotopic (exact) mass is 235 g/mol. The number of benzene rings is 1. The number of hydrogen-bond donors (Lipinski definition) is 3. The van der Waals surface area contributed by atoms with Crippen molar-refractivity contribution < 1.29 is 4.79 Å². The van der Waals surface area contributed by atoms with Crippen molar-refractivity contribution in [2.45, 2.75) is 33.7 Å². The van der Waals surface area contributed by atoms with Crippen molar-refractivity contribution in [3.05, 3.63) is 23.8 Å². The first-order valence-corrected chi connectivity index (χ1v) is 5.67. The lowest BCUT2D eigenvalue weighted by molar-refractivity contribution is 0.0910. The van der Waals surface area contributed by atoms with E-state index in [1.165, 1.54) is 0 Å². The Bertz CT molecular complexity index is 401. The van der Waals surface area contributed by atoms with E-state index in [2.05, 4.69) is 26.1 Å². The fraction of sp³-hybridized carbons (Fsp3) is 0.462. The number of nitrogens with two attached hydrogens (primary N) is 2. The van der Waals surface area contributed by atoms with Gasteiger partial charge in [-0.05, 0) is 30.5 Å². The molecule has 1 rings (SSSR count). The average molecular weight is 235 g/mol. The highest BCUT2D eigenvalue weighted by molar-refractivity contribution is 5.96. The Morgan fingerprint density at radius 3 is 2.06 bits per heavy atom. The quantitative estimate of drug-likeness (QED) is 0.686. The molecule has 1 aromatic rings. The van der Waals surface area contributed by atoms with Crippen molar-refractivity contribution in [1.82, 2.24) is 5.32 Å². The molecule has 0 radical (unpaired) electrons. The first-order chi connectivity index (χ1) is 7.70. The summed E-state index contributed by atoms with van der Waals surface area (Å²) in [5.41, 5.74) is 12.8. The molecule has 0 aliphatic carbocycles. The molecule has 4 heteroatoms. The van der Waals surface area contributed by atoms with Crippen LogP contribution in [0.4, 0.5) is 11.4 Å². The zero-order valence-electron chi connectivity index (χ0n) is 10.9. The van der Waals surface area contributed by atoms with Crippen molar-refractivity contribution in [2.24, 2.45) is 5.41 Å². The number of nitrogens with one attached hydrogen (secondary N) is 1. The number of hydrogen-bond acceptors (Lipinski definition) is 3. The maximum absolute atomic E-state index is 12.0. The molecule has 1 atom stereocenters. The number of amides is 1. The van der Waals surface area contributed by atoms with E-state index in [0.717, 1.165) is 0 Å². The Balaban J connectivity index is 2.84. The van der Waals surface area contributed by atoms with Gasteiger partial charge in [-0.15, -0.1) is 0 Å². The predicted molar refractivity (Wildman–Crippen MR) is 71.7 cm³/mol. The first-order valence-electron chi connectivity index (χ1n) is 5.67. The number of nitrogen functional groups attached to an aromatic ring is 2. The molecule has 0 fully saturated rings. The molecule has 0 bridgehead atoms. The third kappa shape index (κ3) is 3.66. The molecule has 1 amide bonds. The van der Waals surface area contributed by atoms with Crippen LogP contribution in [0.5, 0.6) is 0 Å². The summed E-state index contributed by atoms with van der Waals surface area (Å²) < 4.78 is 0. The predicted octanol–water partition coefficient (Wildman–Crippen LogP) is 2.02. The van der Waals surface area contributed by atoms with Gasteiger partial charge >= 0.3 is 0 Å². The van der Waals surface area contributed by atoms with Gasteiger partial charge in [-0.1, -0.05) is 20.8 Å². The fourth-order valence-corrected chi connectivity index (χ4v) is 1.30. The average Bonchev–Trinajstić information content (AvgIpc) is 2.14. The first kappa shape index (κ1) is 13.4. The summed E-state index contributed by atoms with van der Waals surface area (Å²) in [6.07, 6.45) is 0. The summed E-state index contributed by atoms with van der Waals surface area (Å²) >= 11 is 0. The van der Waals surface area contributed by atoms with Gasteiger partial charge in [0, 0.05) is 23.0 Å². The Morgan fingerprint density at radius 1 is 1.18 bits per heavy atom. The maximum Gasteiger partial charge on any atom is 0.251 e. The topological polar surface area (TPSA) is 81.1 Å². The second kappa shape index (κ2) is 4.65. The summed E-state index contributed by atoms with van der Waals surface area (Å²) in [5.74, 6) is -0.147.